The van der Waals surface area contributed by atoms with Gasteiger partial charge in [0.15, 0.2) is 0 Å². The second-order valence-electron chi connectivity index (χ2n) is 4.83. The van der Waals surface area contributed by atoms with Crippen LogP contribution in [-0.2, 0) is 0 Å². The van der Waals surface area contributed by atoms with Crippen LogP contribution < -0.4 is 0 Å². The molecule has 6 nitrogen and oxygen atoms in total. The molecule has 1 aromatic heterocycles. The minimum absolute atomic E-state index is 0.0368. The van der Waals surface area contributed by atoms with Crippen LogP contribution in [0.1, 0.15) is 15.9 Å². The van der Waals surface area contributed by atoms with Crippen molar-refractivity contribution in [2.45, 2.75) is 6.92 Å². The van der Waals surface area contributed by atoms with Gasteiger partial charge in [-0.05, 0) is 37.3 Å². The number of nitrogens with zero attached hydrogens (tertiary/aromatic N) is 2. The lowest BCUT2D eigenvalue weighted by Gasteiger charge is -2.01. The quantitative estimate of drug-likeness (QED) is 0.770. The normalized spacial score (nSPS) is 10.6. The van der Waals surface area contributed by atoms with Gasteiger partial charge in [-0.2, -0.15) is 4.98 Å². The fourth-order valence-electron chi connectivity index (χ4n) is 2.08. The highest BCUT2D eigenvalue weighted by Crippen LogP contribution is 2.30. The van der Waals surface area contributed by atoms with Crippen molar-refractivity contribution >= 4 is 5.97 Å². The van der Waals surface area contributed by atoms with E-state index in [4.69, 9.17) is 9.63 Å². The molecule has 6 heteroatoms. The second-order valence-corrected chi connectivity index (χ2v) is 4.83. The number of aromatic carboxylic acids is 1. The maximum absolute atomic E-state index is 11.0. The van der Waals surface area contributed by atoms with Crippen LogP contribution in [0.4, 0.5) is 0 Å². The average Bonchev–Trinajstić information content (AvgIpc) is 2.97. The smallest absolute Gasteiger partial charge is 0.335 e. The molecule has 0 unspecified atom stereocenters. The third kappa shape index (κ3) is 2.54. The Morgan fingerprint density at radius 2 is 2.00 bits per heavy atom. The van der Waals surface area contributed by atoms with Crippen LogP contribution in [0.5, 0.6) is 5.75 Å². The highest BCUT2D eigenvalue weighted by atomic mass is 16.5. The Bertz CT molecular complexity index is 855. The number of aromatic nitrogens is 2. The Morgan fingerprint density at radius 3 is 2.73 bits per heavy atom. The van der Waals surface area contributed by atoms with E-state index in [0.717, 1.165) is 11.1 Å². The molecule has 0 aliphatic carbocycles. The number of aromatic hydroxyl groups is 1. The van der Waals surface area contributed by atoms with Crippen LogP contribution in [0, 0.1) is 6.92 Å². The summed E-state index contributed by atoms with van der Waals surface area (Å²) in [6.45, 7) is 1.95. The molecule has 0 aliphatic heterocycles. The number of phenolic OH excluding ortho intramolecular Hbond substituents is 1. The Kier molecular flexibility index (Phi) is 3.34. The molecular weight excluding hydrogens is 284 g/mol. The van der Waals surface area contributed by atoms with Crippen LogP contribution in [0.15, 0.2) is 47.0 Å². The van der Waals surface area contributed by atoms with E-state index < -0.39 is 5.97 Å². The summed E-state index contributed by atoms with van der Waals surface area (Å²) in [4.78, 5) is 15.2. The van der Waals surface area contributed by atoms with Crippen LogP contribution in [0.25, 0.3) is 22.8 Å². The van der Waals surface area contributed by atoms with E-state index in [-0.39, 0.29) is 22.7 Å². The van der Waals surface area contributed by atoms with Crippen LogP contribution >= 0.6 is 0 Å². The lowest BCUT2D eigenvalue weighted by atomic mass is 10.1. The maximum atomic E-state index is 11.0. The van der Waals surface area contributed by atoms with Crippen molar-refractivity contribution in [2.75, 3.05) is 0 Å². The molecule has 0 radical (unpaired) electrons. The van der Waals surface area contributed by atoms with Gasteiger partial charge < -0.3 is 14.7 Å². The highest BCUT2D eigenvalue weighted by molar-refractivity contribution is 5.90. The highest BCUT2D eigenvalue weighted by Gasteiger charge is 2.16. The first-order chi connectivity index (χ1) is 10.5. The summed E-state index contributed by atoms with van der Waals surface area (Å²) in [5.41, 5.74) is 2.05. The van der Waals surface area contributed by atoms with Crippen LogP contribution in [0.3, 0.4) is 0 Å². The molecule has 0 amide bonds. The summed E-state index contributed by atoms with van der Waals surface area (Å²) in [7, 11) is 0. The molecule has 0 fully saturated rings. The molecule has 1 heterocycles. The molecule has 0 saturated carbocycles. The number of hydrogen-bond donors (Lipinski definition) is 2. The Hall–Kier alpha value is -3.15. The van der Waals surface area contributed by atoms with Crippen molar-refractivity contribution in [2.24, 2.45) is 0 Å². The molecule has 0 atom stereocenters. The summed E-state index contributed by atoms with van der Waals surface area (Å²) in [6, 6.07) is 11.5. The molecule has 0 aliphatic rings. The number of hydrogen-bond acceptors (Lipinski definition) is 5. The van der Waals surface area contributed by atoms with E-state index in [2.05, 4.69) is 10.1 Å². The van der Waals surface area contributed by atoms with Crippen LogP contribution in [0.2, 0.25) is 0 Å². The largest absolute Gasteiger partial charge is 0.507 e. The topological polar surface area (TPSA) is 96.5 Å². The first kappa shape index (κ1) is 13.8. The predicted octanol–water partition coefficient (Wildman–Crippen LogP) is 3.12. The summed E-state index contributed by atoms with van der Waals surface area (Å²) in [5, 5.41) is 22.7. The monoisotopic (exact) mass is 296 g/mol. The van der Waals surface area contributed by atoms with Gasteiger partial charge in [-0.1, -0.05) is 22.9 Å². The number of rotatable bonds is 3. The maximum Gasteiger partial charge on any atom is 0.335 e. The summed E-state index contributed by atoms with van der Waals surface area (Å²) in [5.74, 6) is -0.763. The van der Waals surface area contributed by atoms with Gasteiger partial charge in [0.1, 0.15) is 5.75 Å². The fraction of sp³-hybridized carbons (Fsp3) is 0.0625. The summed E-state index contributed by atoms with van der Waals surface area (Å²) in [6.07, 6.45) is 0. The SMILES string of the molecule is Cc1cccc(-c2nc(-c3cc(C(=O)O)ccc3O)no2)c1. The molecule has 2 aromatic carbocycles. The number of carbonyl (C=O) groups is 1. The zero-order valence-corrected chi connectivity index (χ0v) is 11.6. The van der Waals surface area contributed by atoms with E-state index in [1.807, 2.05) is 31.2 Å². The third-order valence-electron chi connectivity index (χ3n) is 3.18. The van der Waals surface area contributed by atoms with E-state index in [1.54, 1.807) is 0 Å². The zero-order valence-electron chi connectivity index (χ0n) is 11.6. The first-order valence-corrected chi connectivity index (χ1v) is 6.52. The molecule has 0 spiro atoms. The van der Waals surface area contributed by atoms with E-state index in [0.29, 0.717) is 5.89 Å². The molecule has 2 N–H and O–H groups in total. The molecule has 110 valence electrons. The lowest BCUT2D eigenvalue weighted by molar-refractivity contribution is 0.0697. The van der Waals surface area contributed by atoms with Gasteiger partial charge in [-0.25, -0.2) is 4.79 Å². The van der Waals surface area contributed by atoms with Crippen molar-refractivity contribution in [3.05, 3.63) is 53.6 Å². The molecule has 0 bridgehead atoms. The van der Waals surface area contributed by atoms with E-state index in [9.17, 15) is 9.90 Å². The molecule has 3 rings (SSSR count). The van der Waals surface area contributed by atoms with Crippen molar-refractivity contribution in [3.8, 4) is 28.6 Å². The molecular formula is C16H12N2O4. The first-order valence-electron chi connectivity index (χ1n) is 6.52. The van der Waals surface area contributed by atoms with Gasteiger partial charge in [0, 0.05) is 5.56 Å². The fourth-order valence-corrected chi connectivity index (χ4v) is 2.08. The number of carboxylic acid groups (broad SMARTS) is 1. The van der Waals surface area contributed by atoms with Gasteiger partial charge >= 0.3 is 5.97 Å². The van der Waals surface area contributed by atoms with Crippen LogP contribution in [-0.4, -0.2) is 26.3 Å². The Balaban J connectivity index is 2.04. The molecule has 3 aromatic rings. The van der Waals surface area contributed by atoms with Crippen molar-refractivity contribution in [3.63, 3.8) is 0 Å². The molecule has 0 saturated heterocycles. The van der Waals surface area contributed by atoms with E-state index >= 15 is 0 Å². The summed E-state index contributed by atoms with van der Waals surface area (Å²) < 4.78 is 5.20. The predicted molar refractivity (Wildman–Crippen MR) is 78.5 cm³/mol. The lowest BCUT2D eigenvalue weighted by Crippen LogP contribution is -1.96. The van der Waals surface area contributed by atoms with Gasteiger partial charge in [-0.3, -0.25) is 0 Å². The Labute approximate surface area is 125 Å². The summed E-state index contributed by atoms with van der Waals surface area (Å²) >= 11 is 0. The number of aryl methyl sites for hydroxylation is 1. The van der Waals surface area contributed by atoms with Crippen molar-refractivity contribution in [1.29, 1.82) is 0 Å². The third-order valence-corrected chi connectivity index (χ3v) is 3.18. The number of phenols is 1. The number of benzene rings is 2. The van der Waals surface area contributed by atoms with E-state index in [1.165, 1.54) is 18.2 Å². The van der Waals surface area contributed by atoms with Gasteiger partial charge in [0.25, 0.3) is 5.89 Å². The van der Waals surface area contributed by atoms with Gasteiger partial charge in [-0.15, -0.1) is 0 Å². The molecule has 22 heavy (non-hydrogen) atoms. The van der Waals surface area contributed by atoms with Crippen molar-refractivity contribution < 1.29 is 19.5 Å². The standard InChI is InChI=1S/C16H12N2O4/c1-9-3-2-4-10(7-9)15-17-14(18-22-15)12-8-11(16(20)21)5-6-13(12)19/h2-8,19H,1H3,(H,20,21). The minimum atomic E-state index is -1.09. The average molecular weight is 296 g/mol. The zero-order chi connectivity index (χ0) is 15.7. The Morgan fingerprint density at radius 1 is 1.18 bits per heavy atom. The van der Waals surface area contributed by atoms with Gasteiger partial charge in [0.2, 0.25) is 5.82 Å². The minimum Gasteiger partial charge on any atom is -0.507 e. The van der Waals surface area contributed by atoms with Gasteiger partial charge in [0.05, 0.1) is 11.1 Å². The number of carboxylic acids is 1. The second kappa shape index (κ2) is 5.33. The van der Waals surface area contributed by atoms with Crippen molar-refractivity contribution in [1.82, 2.24) is 10.1 Å².